The van der Waals surface area contributed by atoms with Crippen LogP contribution in [0.1, 0.15) is 23.0 Å². The fourth-order valence-electron chi connectivity index (χ4n) is 1.97. The van der Waals surface area contributed by atoms with E-state index < -0.39 is 0 Å². The number of hydrogen-bond acceptors (Lipinski definition) is 4. The van der Waals surface area contributed by atoms with E-state index in [1.165, 1.54) is 6.20 Å². The van der Waals surface area contributed by atoms with Crippen LogP contribution < -0.4 is 0 Å². The van der Waals surface area contributed by atoms with Crippen molar-refractivity contribution in [3.8, 4) is 0 Å². The smallest absolute Gasteiger partial charge is 0.259 e. The molecule has 1 aromatic rings. The highest BCUT2D eigenvalue weighted by atomic mass is 35.5. The number of carbonyl (C=O) groups excluding carboxylic acids is 1. The fourth-order valence-corrected chi connectivity index (χ4v) is 2.14. The molecule has 1 aliphatic rings. The number of alkyl halides is 1. The summed E-state index contributed by atoms with van der Waals surface area (Å²) >= 11 is 5.78. The van der Waals surface area contributed by atoms with Gasteiger partial charge in [-0.15, -0.1) is 11.6 Å². The second-order valence-corrected chi connectivity index (χ2v) is 4.54. The highest BCUT2D eigenvalue weighted by Gasteiger charge is 2.29. The minimum absolute atomic E-state index is 0.00313. The molecule has 1 aliphatic heterocycles. The van der Waals surface area contributed by atoms with Crippen LogP contribution in [0.15, 0.2) is 10.7 Å². The number of rotatable bonds is 2. The molecule has 94 valence electrons. The Bertz CT molecular complexity index is 407. The van der Waals surface area contributed by atoms with Crippen LogP contribution in [0.3, 0.4) is 0 Å². The predicted molar refractivity (Wildman–Crippen MR) is 62.2 cm³/mol. The lowest BCUT2D eigenvalue weighted by atomic mass is 10.2. The molecule has 0 radical (unpaired) electrons. The average molecular weight is 259 g/mol. The summed E-state index contributed by atoms with van der Waals surface area (Å²) < 4.78 is 10.5. The quantitative estimate of drug-likeness (QED) is 0.754. The number of nitrogens with zero attached hydrogens (tertiary/aromatic N) is 2. The summed E-state index contributed by atoms with van der Waals surface area (Å²) in [6.07, 6.45) is 1.34. The van der Waals surface area contributed by atoms with Crippen molar-refractivity contribution in [2.24, 2.45) is 0 Å². The number of aryl methyl sites for hydroxylation is 1. The van der Waals surface area contributed by atoms with Crippen LogP contribution in [-0.4, -0.2) is 47.1 Å². The number of carbonyl (C=O) groups is 1. The Morgan fingerprint density at radius 3 is 3.00 bits per heavy atom. The van der Waals surface area contributed by atoms with Crippen molar-refractivity contribution in [1.82, 2.24) is 10.1 Å². The van der Waals surface area contributed by atoms with Gasteiger partial charge in [0.15, 0.2) is 0 Å². The van der Waals surface area contributed by atoms with Crippen LogP contribution in [0.25, 0.3) is 0 Å². The van der Waals surface area contributed by atoms with Gasteiger partial charge in [0.05, 0.1) is 24.3 Å². The van der Waals surface area contributed by atoms with Gasteiger partial charge in [-0.1, -0.05) is 5.16 Å². The van der Waals surface area contributed by atoms with Crippen LogP contribution >= 0.6 is 11.6 Å². The zero-order valence-corrected chi connectivity index (χ0v) is 10.6. The highest BCUT2D eigenvalue weighted by molar-refractivity contribution is 6.18. The van der Waals surface area contributed by atoms with Gasteiger partial charge in [0.1, 0.15) is 11.3 Å². The summed E-state index contributed by atoms with van der Waals surface area (Å²) in [5.74, 6) is 0.849. The maximum Gasteiger partial charge on any atom is 0.259 e. The van der Waals surface area contributed by atoms with Crippen molar-refractivity contribution in [2.45, 2.75) is 26.1 Å². The van der Waals surface area contributed by atoms with E-state index in [1.807, 2.05) is 6.92 Å². The lowest BCUT2D eigenvalue weighted by Crippen LogP contribution is -2.49. The van der Waals surface area contributed by atoms with Crippen LogP contribution in [-0.2, 0) is 4.74 Å². The number of morpholine rings is 1. The van der Waals surface area contributed by atoms with Crippen molar-refractivity contribution in [3.05, 3.63) is 17.5 Å². The van der Waals surface area contributed by atoms with E-state index in [9.17, 15) is 4.79 Å². The molecule has 2 unspecified atom stereocenters. The summed E-state index contributed by atoms with van der Waals surface area (Å²) in [5.41, 5.74) is 0.507. The van der Waals surface area contributed by atoms with E-state index >= 15 is 0 Å². The topological polar surface area (TPSA) is 55.6 Å². The third-order valence-electron chi connectivity index (χ3n) is 2.77. The molecular weight excluding hydrogens is 244 g/mol. The predicted octanol–water partition coefficient (Wildman–Crippen LogP) is 1.45. The molecule has 0 N–H and O–H groups in total. The first kappa shape index (κ1) is 12.4. The molecule has 0 aliphatic carbocycles. The van der Waals surface area contributed by atoms with E-state index in [0.717, 1.165) is 0 Å². The molecule has 2 rings (SSSR count). The Hall–Kier alpha value is -1.07. The lowest BCUT2D eigenvalue weighted by molar-refractivity contribution is -0.0570. The molecule has 1 aromatic heterocycles. The molecule has 0 bridgehead atoms. The Kier molecular flexibility index (Phi) is 3.69. The summed E-state index contributed by atoms with van der Waals surface area (Å²) in [4.78, 5) is 14.0. The summed E-state index contributed by atoms with van der Waals surface area (Å²) in [6.45, 7) is 4.73. The molecule has 1 amide bonds. The molecule has 1 saturated heterocycles. The minimum Gasteiger partial charge on any atom is -0.370 e. The van der Waals surface area contributed by atoms with Gasteiger partial charge in [-0.2, -0.15) is 0 Å². The summed E-state index contributed by atoms with van der Waals surface area (Å²) in [5, 5.41) is 3.62. The first-order chi connectivity index (χ1) is 8.11. The maximum atomic E-state index is 12.2. The zero-order chi connectivity index (χ0) is 12.4. The van der Waals surface area contributed by atoms with Gasteiger partial charge in [0.2, 0.25) is 0 Å². The Morgan fingerprint density at radius 1 is 1.65 bits per heavy atom. The number of halogens is 1. The highest BCUT2D eigenvalue weighted by Crippen LogP contribution is 2.17. The Balaban J connectivity index is 2.11. The average Bonchev–Trinajstić information content (AvgIpc) is 2.73. The second-order valence-electron chi connectivity index (χ2n) is 4.23. The fraction of sp³-hybridized carbons (Fsp3) is 0.636. The van der Waals surface area contributed by atoms with Gasteiger partial charge in [0, 0.05) is 13.1 Å². The van der Waals surface area contributed by atoms with Crippen molar-refractivity contribution in [1.29, 1.82) is 0 Å². The van der Waals surface area contributed by atoms with Gasteiger partial charge < -0.3 is 14.2 Å². The monoisotopic (exact) mass is 258 g/mol. The molecule has 2 atom stereocenters. The van der Waals surface area contributed by atoms with E-state index in [2.05, 4.69) is 5.16 Å². The molecule has 0 aromatic carbocycles. The van der Waals surface area contributed by atoms with Gasteiger partial charge in [0.25, 0.3) is 5.91 Å². The van der Waals surface area contributed by atoms with Crippen LogP contribution in [0, 0.1) is 6.92 Å². The second kappa shape index (κ2) is 5.06. The molecule has 17 heavy (non-hydrogen) atoms. The van der Waals surface area contributed by atoms with Crippen LogP contribution in [0.5, 0.6) is 0 Å². The Labute approximate surface area is 105 Å². The van der Waals surface area contributed by atoms with Crippen LogP contribution in [0.4, 0.5) is 0 Å². The normalized spacial score (nSPS) is 25.0. The molecule has 0 spiro atoms. The van der Waals surface area contributed by atoms with Gasteiger partial charge in [-0.05, 0) is 13.8 Å². The van der Waals surface area contributed by atoms with Gasteiger partial charge in [-0.3, -0.25) is 4.79 Å². The van der Waals surface area contributed by atoms with Crippen LogP contribution in [0.2, 0.25) is 0 Å². The molecule has 5 nitrogen and oxygen atoms in total. The third-order valence-corrected chi connectivity index (χ3v) is 3.11. The number of ether oxygens (including phenoxy) is 1. The van der Waals surface area contributed by atoms with Gasteiger partial charge >= 0.3 is 0 Å². The van der Waals surface area contributed by atoms with Crippen molar-refractivity contribution in [2.75, 3.05) is 19.0 Å². The van der Waals surface area contributed by atoms with Crippen molar-refractivity contribution in [3.63, 3.8) is 0 Å². The lowest BCUT2D eigenvalue weighted by Gasteiger charge is -2.35. The Morgan fingerprint density at radius 2 is 2.41 bits per heavy atom. The van der Waals surface area contributed by atoms with E-state index in [4.69, 9.17) is 20.9 Å². The molecule has 2 heterocycles. The maximum absolute atomic E-state index is 12.2. The standard InChI is InChI=1S/C11H15ClN2O3/c1-7-5-14(6-9(3-12)16-7)11(15)10-4-13-17-8(10)2/h4,7,9H,3,5-6H2,1-2H3. The SMILES string of the molecule is Cc1oncc1C(=O)N1CC(C)OC(CCl)C1. The first-order valence-corrected chi connectivity index (χ1v) is 6.07. The minimum atomic E-state index is -0.107. The van der Waals surface area contributed by atoms with E-state index in [-0.39, 0.29) is 18.1 Å². The molecule has 6 heteroatoms. The van der Waals surface area contributed by atoms with Gasteiger partial charge in [-0.25, -0.2) is 0 Å². The largest absolute Gasteiger partial charge is 0.370 e. The molecule has 0 saturated carbocycles. The molecule has 1 fully saturated rings. The number of hydrogen-bond donors (Lipinski definition) is 0. The first-order valence-electron chi connectivity index (χ1n) is 5.53. The van der Waals surface area contributed by atoms with E-state index in [0.29, 0.717) is 30.3 Å². The van der Waals surface area contributed by atoms with E-state index in [1.54, 1.807) is 11.8 Å². The summed E-state index contributed by atoms with van der Waals surface area (Å²) in [7, 11) is 0. The number of amides is 1. The number of aromatic nitrogens is 1. The van der Waals surface area contributed by atoms with Crippen molar-refractivity contribution < 1.29 is 14.1 Å². The molecular formula is C11H15ClN2O3. The zero-order valence-electron chi connectivity index (χ0n) is 9.85. The van der Waals surface area contributed by atoms with Crippen molar-refractivity contribution >= 4 is 17.5 Å². The summed E-state index contributed by atoms with van der Waals surface area (Å²) in [6, 6.07) is 0. The third kappa shape index (κ3) is 2.61.